The first kappa shape index (κ1) is 21.0. The molecule has 0 saturated heterocycles. The molecule has 0 aliphatic heterocycles. The van der Waals surface area contributed by atoms with Gasteiger partial charge in [0.25, 0.3) is 5.56 Å². The van der Waals surface area contributed by atoms with Crippen molar-refractivity contribution in [2.45, 2.75) is 6.42 Å². The molecule has 1 heterocycles. The minimum absolute atomic E-state index is 0.239. The van der Waals surface area contributed by atoms with Gasteiger partial charge in [0.1, 0.15) is 0 Å². The molecule has 0 N–H and O–H groups in total. The zero-order chi connectivity index (χ0) is 20.8. The smallest absolute Gasteiger partial charge is 0.330 e. The Morgan fingerprint density at radius 1 is 1.14 bits per heavy atom. The van der Waals surface area contributed by atoms with Crippen molar-refractivity contribution in [1.82, 2.24) is 14.0 Å². The Hall–Kier alpha value is -3.29. The molecule has 0 spiro atoms. The van der Waals surface area contributed by atoms with Crippen LogP contribution in [0.25, 0.3) is 6.08 Å². The summed E-state index contributed by atoms with van der Waals surface area (Å²) in [6.45, 7) is 0.490. The zero-order valence-corrected chi connectivity index (χ0v) is 16.8. The van der Waals surface area contributed by atoms with Gasteiger partial charge in [-0.1, -0.05) is 6.07 Å². The minimum atomic E-state index is -0.444. The first-order chi connectivity index (χ1) is 13.3. The van der Waals surface area contributed by atoms with Crippen LogP contribution in [0, 0.1) is 0 Å². The van der Waals surface area contributed by atoms with Crippen LogP contribution in [0.15, 0.2) is 40.1 Å². The largest absolute Gasteiger partial charge is 0.493 e. The van der Waals surface area contributed by atoms with E-state index in [1.807, 2.05) is 18.2 Å². The molecule has 0 bridgehead atoms. The zero-order valence-electron chi connectivity index (χ0n) is 16.8. The van der Waals surface area contributed by atoms with Crippen LogP contribution in [0.5, 0.6) is 11.5 Å². The number of rotatable bonds is 7. The highest BCUT2D eigenvalue weighted by Crippen LogP contribution is 2.27. The topological polar surface area (TPSA) is 82.8 Å². The summed E-state index contributed by atoms with van der Waals surface area (Å²) in [4.78, 5) is 37.7. The van der Waals surface area contributed by atoms with Gasteiger partial charge in [0.2, 0.25) is 5.91 Å². The van der Waals surface area contributed by atoms with Gasteiger partial charge in [-0.3, -0.25) is 14.2 Å². The lowest BCUT2D eigenvalue weighted by molar-refractivity contribution is -0.124. The number of nitrogens with zero attached hydrogens (tertiary/aromatic N) is 3. The number of hydrogen-bond donors (Lipinski definition) is 0. The minimum Gasteiger partial charge on any atom is -0.493 e. The molecule has 1 aromatic heterocycles. The van der Waals surface area contributed by atoms with E-state index >= 15 is 0 Å². The van der Waals surface area contributed by atoms with Crippen molar-refractivity contribution >= 4 is 12.0 Å². The lowest BCUT2D eigenvalue weighted by Crippen LogP contribution is -2.37. The maximum Gasteiger partial charge on any atom is 0.330 e. The molecule has 0 unspecified atom stereocenters. The maximum atomic E-state index is 12.3. The van der Waals surface area contributed by atoms with Crippen molar-refractivity contribution in [3.8, 4) is 11.5 Å². The van der Waals surface area contributed by atoms with Gasteiger partial charge < -0.3 is 18.9 Å². The number of hydrogen-bond acceptors (Lipinski definition) is 5. The SMILES string of the molecule is COc1ccc(CCN(C)C(=O)/C=C/c2cn(C)c(=O)n(C)c2=O)cc1OC. The summed E-state index contributed by atoms with van der Waals surface area (Å²) in [7, 11) is 7.79. The Morgan fingerprint density at radius 2 is 1.82 bits per heavy atom. The van der Waals surface area contributed by atoms with Crippen LogP contribution >= 0.6 is 0 Å². The second kappa shape index (κ2) is 9.07. The first-order valence-electron chi connectivity index (χ1n) is 8.69. The van der Waals surface area contributed by atoms with Crippen LogP contribution in [0.4, 0.5) is 0 Å². The molecule has 0 fully saturated rings. The number of aryl methyl sites for hydroxylation is 1. The molecule has 8 heteroatoms. The Labute approximate surface area is 163 Å². The van der Waals surface area contributed by atoms with E-state index in [1.54, 1.807) is 33.2 Å². The molecule has 8 nitrogen and oxygen atoms in total. The number of amides is 1. The third kappa shape index (κ3) is 4.70. The molecular weight excluding hydrogens is 362 g/mol. The molecule has 28 heavy (non-hydrogen) atoms. The number of aromatic nitrogens is 2. The second-order valence-corrected chi connectivity index (χ2v) is 6.37. The standard InChI is InChI=1S/C20H25N3O5/c1-21(11-10-14-6-8-16(27-4)17(12-14)28-5)18(24)9-7-15-13-22(2)20(26)23(3)19(15)25/h6-9,12-13H,10-11H2,1-5H3/b9-7+. The average molecular weight is 387 g/mol. The number of benzene rings is 1. The Kier molecular flexibility index (Phi) is 6.81. The van der Waals surface area contributed by atoms with E-state index in [-0.39, 0.29) is 11.5 Å². The van der Waals surface area contributed by atoms with E-state index in [0.29, 0.717) is 24.5 Å². The average Bonchev–Trinajstić information content (AvgIpc) is 2.71. The maximum absolute atomic E-state index is 12.3. The highest BCUT2D eigenvalue weighted by Gasteiger charge is 2.09. The second-order valence-electron chi connectivity index (χ2n) is 6.37. The van der Waals surface area contributed by atoms with Crippen LogP contribution in [-0.2, 0) is 25.3 Å². The van der Waals surface area contributed by atoms with E-state index in [2.05, 4.69) is 0 Å². The Bertz CT molecular complexity index is 1000. The number of ether oxygens (including phenoxy) is 2. The molecule has 150 valence electrons. The fourth-order valence-electron chi connectivity index (χ4n) is 2.68. The summed E-state index contributed by atoms with van der Waals surface area (Å²) in [6, 6.07) is 5.62. The number of carbonyl (C=O) groups excluding carboxylic acids is 1. The van der Waals surface area contributed by atoms with Crippen LogP contribution in [0.1, 0.15) is 11.1 Å². The van der Waals surface area contributed by atoms with Gasteiger partial charge in [-0.25, -0.2) is 4.79 Å². The summed E-state index contributed by atoms with van der Waals surface area (Å²) in [5.41, 5.74) is 0.417. The fraction of sp³-hybridized carbons (Fsp3) is 0.350. The van der Waals surface area contributed by atoms with Crippen molar-refractivity contribution < 1.29 is 14.3 Å². The van der Waals surface area contributed by atoms with Crippen LogP contribution in [0.2, 0.25) is 0 Å². The molecular formula is C20H25N3O5. The van der Waals surface area contributed by atoms with Gasteiger partial charge in [-0.15, -0.1) is 0 Å². The quantitative estimate of drug-likeness (QED) is 0.657. The van der Waals surface area contributed by atoms with E-state index < -0.39 is 11.2 Å². The van der Waals surface area contributed by atoms with Crippen LogP contribution < -0.4 is 20.7 Å². The van der Waals surface area contributed by atoms with Crippen molar-refractivity contribution in [2.24, 2.45) is 14.1 Å². The summed E-state index contributed by atoms with van der Waals surface area (Å²) in [6.07, 6.45) is 4.81. The first-order valence-corrected chi connectivity index (χ1v) is 8.69. The molecule has 1 amide bonds. The van der Waals surface area contributed by atoms with Crippen LogP contribution in [-0.4, -0.2) is 47.8 Å². The summed E-state index contributed by atoms with van der Waals surface area (Å²) >= 11 is 0. The number of carbonyl (C=O) groups is 1. The van der Waals surface area contributed by atoms with Gasteiger partial charge in [0.15, 0.2) is 11.5 Å². The Balaban J connectivity index is 2.05. The van der Waals surface area contributed by atoms with Crippen molar-refractivity contribution in [2.75, 3.05) is 27.8 Å². The van der Waals surface area contributed by atoms with E-state index in [0.717, 1.165) is 10.1 Å². The summed E-state index contributed by atoms with van der Waals surface area (Å²) in [5, 5.41) is 0. The number of likely N-dealkylation sites (N-methyl/N-ethyl adjacent to an activating group) is 1. The third-order valence-corrected chi connectivity index (χ3v) is 4.44. The molecule has 0 radical (unpaired) electrons. The number of methoxy groups -OCH3 is 2. The van der Waals surface area contributed by atoms with Crippen molar-refractivity contribution in [3.05, 3.63) is 62.4 Å². The van der Waals surface area contributed by atoms with Crippen molar-refractivity contribution in [1.29, 1.82) is 0 Å². The Morgan fingerprint density at radius 3 is 2.46 bits per heavy atom. The van der Waals surface area contributed by atoms with Gasteiger partial charge in [0.05, 0.1) is 19.8 Å². The molecule has 2 aromatic rings. The van der Waals surface area contributed by atoms with Crippen LogP contribution in [0.3, 0.4) is 0 Å². The van der Waals surface area contributed by atoms with Gasteiger partial charge >= 0.3 is 5.69 Å². The van der Waals surface area contributed by atoms with Crippen molar-refractivity contribution in [3.63, 3.8) is 0 Å². The predicted octanol–water partition coefficient (Wildman–Crippen LogP) is 0.816. The lowest BCUT2D eigenvalue weighted by Gasteiger charge is -2.16. The molecule has 1 aromatic carbocycles. The highest BCUT2D eigenvalue weighted by molar-refractivity contribution is 5.91. The monoisotopic (exact) mass is 387 g/mol. The lowest BCUT2D eigenvalue weighted by atomic mass is 10.1. The predicted molar refractivity (Wildman–Crippen MR) is 107 cm³/mol. The van der Waals surface area contributed by atoms with E-state index in [4.69, 9.17) is 9.47 Å². The van der Waals surface area contributed by atoms with E-state index in [9.17, 15) is 14.4 Å². The molecule has 0 aliphatic carbocycles. The normalized spacial score (nSPS) is 10.9. The van der Waals surface area contributed by atoms with Gasteiger partial charge in [-0.2, -0.15) is 0 Å². The molecule has 2 rings (SSSR count). The van der Waals surface area contributed by atoms with Gasteiger partial charge in [-0.05, 0) is 30.2 Å². The molecule has 0 aliphatic rings. The third-order valence-electron chi connectivity index (χ3n) is 4.44. The molecule has 0 atom stereocenters. The summed E-state index contributed by atoms with van der Waals surface area (Å²) in [5.74, 6) is 1.05. The molecule has 0 saturated carbocycles. The van der Waals surface area contributed by atoms with E-state index in [1.165, 1.54) is 30.0 Å². The fourth-order valence-corrected chi connectivity index (χ4v) is 2.68. The summed E-state index contributed by atoms with van der Waals surface area (Å²) < 4.78 is 12.8. The van der Waals surface area contributed by atoms with Gasteiger partial charge in [0, 0.05) is 40.0 Å². The highest BCUT2D eigenvalue weighted by atomic mass is 16.5.